The first-order valence-corrected chi connectivity index (χ1v) is 6.95. The Bertz CT molecular complexity index is 657. The van der Waals surface area contributed by atoms with Crippen molar-refractivity contribution in [2.24, 2.45) is 0 Å². The van der Waals surface area contributed by atoms with Crippen LogP contribution in [-0.2, 0) is 4.74 Å². The highest BCUT2D eigenvalue weighted by molar-refractivity contribution is 5.81. The van der Waals surface area contributed by atoms with Crippen LogP contribution in [-0.4, -0.2) is 48.5 Å². The molecule has 0 aromatic carbocycles. The van der Waals surface area contributed by atoms with E-state index in [-0.39, 0.29) is 18.6 Å². The van der Waals surface area contributed by atoms with Gasteiger partial charge in [0.25, 0.3) is 0 Å². The van der Waals surface area contributed by atoms with Gasteiger partial charge in [-0.25, -0.2) is 15.0 Å². The summed E-state index contributed by atoms with van der Waals surface area (Å²) in [6.07, 6.45) is 0.178. The van der Waals surface area contributed by atoms with E-state index in [1.165, 1.54) is 6.33 Å². The van der Waals surface area contributed by atoms with Gasteiger partial charge in [-0.15, -0.1) is 0 Å². The van der Waals surface area contributed by atoms with Gasteiger partial charge in [0.1, 0.15) is 17.4 Å². The molecule has 3 rings (SSSR count). The second-order valence-corrected chi connectivity index (χ2v) is 5.58. The zero-order chi connectivity index (χ0) is 15.1. The first kappa shape index (κ1) is 14.2. The first-order chi connectivity index (χ1) is 10.0. The number of aliphatic hydroxyl groups excluding tert-OH is 2. The molecule has 1 saturated heterocycles. The molecule has 0 radical (unpaired) electrons. The molecule has 2 aromatic heterocycles. The molecule has 8 heteroatoms. The second kappa shape index (κ2) is 5.21. The summed E-state index contributed by atoms with van der Waals surface area (Å²) in [5.41, 5.74) is 6.95. The van der Waals surface area contributed by atoms with Crippen LogP contribution >= 0.6 is 0 Å². The number of imidazole rings is 1. The van der Waals surface area contributed by atoms with Crippen LogP contribution in [0.2, 0.25) is 0 Å². The summed E-state index contributed by atoms with van der Waals surface area (Å²) in [4.78, 5) is 12.9. The van der Waals surface area contributed by atoms with Gasteiger partial charge in [-0.05, 0) is 0 Å². The number of nitrogens with zero attached hydrogens (tertiary/aromatic N) is 4. The monoisotopic (exact) mass is 293 g/mol. The lowest BCUT2D eigenvalue weighted by Crippen LogP contribution is -2.19. The maximum atomic E-state index is 10.1. The van der Waals surface area contributed by atoms with Crippen molar-refractivity contribution in [3.8, 4) is 0 Å². The van der Waals surface area contributed by atoms with Crippen molar-refractivity contribution in [1.29, 1.82) is 0 Å². The number of rotatable bonds is 3. The number of nitrogen functional groups attached to an aromatic ring is 1. The van der Waals surface area contributed by atoms with E-state index in [9.17, 15) is 5.11 Å². The van der Waals surface area contributed by atoms with Crippen LogP contribution in [0.15, 0.2) is 6.33 Å². The predicted octanol–water partition coefficient (Wildman–Crippen LogP) is 0.173. The first-order valence-electron chi connectivity index (χ1n) is 6.95. The number of nitrogens with two attached hydrogens (primary N) is 1. The smallest absolute Gasteiger partial charge is 0.167 e. The van der Waals surface area contributed by atoms with Gasteiger partial charge in [-0.2, -0.15) is 0 Å². The summed E-state index contributed by atoms with van der Waals surface area (Å²) in [6.45, 7) is 3.82. The van der Waals surface area contributed by atoms with Crippen LogP contribution in [0.25, 0.3) is 11.2 Å². The van der Waals surface area contributed by atoms with Crippen molar-refractivity contribution in [2.45, 2.75) is 44.6 Å². The Hall–Kier alpha value is -1.77. The SMILES string of the molecule is CC(C)c1nc(N)c2ncn([C@@H]3O[C@H](CO)C[C@H]3O)c2n1. The highest BCUT2D eigenvalue weighted by atomic mass is 16.5. The third-order valence-corrected chi connectivity index (χ3v) is 3.63. The predicted molar refractivity (Wildman–Crippen MR) is 75.4 cm³/mol. The summed E-state index contributed by atoms with van der Waals surface area (Å²) in [5, 5.41) is 19.3. The minimum atomic E-state index is -0.724. The van der Waals surface area contributed by atoms with Crippen molar-refractivity contribution in [1.82, 2.24) is 19.5 Å². The molecule has 1 aliphatic rings. The Morgan fingerprint density at radius 1 is 1.48 bits per heavy atom. The van der Waals surface area contributed by atoms with E-state index in [2.05, 4.69) is 15.0 Å². The summed E-state index contributed by atoms with van der Waals surface area (Å²) in [7, 11) is 0. The number of fused-ring (bicyclic) bond motifs is 1. The number of anilines is 1. The van der Waals surface area contributed by atoms with Crippen LogP contribution in [0.3, 0.4) is 0 Å². The lowest BCUT2D eigenvalue weighted by Gasteiger charge is -2.17. The van der Waals surface area contributed by atoms with Gasteiger partial charge in [-0.1, -0.05) is 13.8 Å². The van der Waals surface area contributed by atoms with Crippen molar-refractivity contribution in [3.05, 3.63) is 12.2 Å². The van der Waals surface area contributed by atoms with Gasteiger partial charge in [0.05, 0.1) is 19.0 Å². The Morgan fingerprint density at radius 2 is 2.24 bits per heavy atom. The topological polar surface area (TPSA) is 119 Å². The van der Waals surface area contributed by atoms with Gasteiger partial charge in [0, 0.05) is 12.3 Å². The average Bonchev–Trinajstić information content (AvgIpc) is 3.01. The van der Waals surface area contributed by atoms with Gasteiger partial charge in [-0.3, -0.25) is 4.57 Å². The van der Waals surface area contributed by atoms with Gasteiger partial charge in [0.2, 0.25) is 0 Å². The molecule has 0 saturated carbocycles. The van der Waals surface area contributed by atoms with E-state index in [0.29, 0.717) is 29.2 Å². The van der Waals surface area contributed by atoms with Crippen molar-refractivity contribution in [2.75, 3.05) is 12.3 Å². The highest BCUT2D eigenvalue weighted by Gasteiger charge is 2.36. The number of ether oxygens (including phenoxy) is 1. The molecule has 3 heterocycles. The molecule has 4 N–H and O–H groups in total. The zero-order valence-electron chi connectivity index (χ0n) is 12.0. The Labute approximate surface area is 121 Å². The van der Waals surface area contributed by atoms with E-state index in [1.54, 1.807) is 4.57 Å². The summed E-state index contributed by atoms with van der Waals surface area (Å²) in [5.74, 6) is 1.06. The molecule has 8 nitrogen and oxygen atoms in total. The molecule has 0 aliphatic carbocycles. The van der Waals surface area contributed by atoms with Crippen LogP contribution in [0, 0.1) is 0 Å². The fourth-order valence-electron chi connectivity index (χ4n) is 2.50. The molecule has 0 bridgehead atoms. The summed E-state index contributed by atoms with van der Waals surface area (Å²) >= 11 is 0. The van der Waals surface area contributed by atoms with Crippen molar-refractivity contribution >= 4 is 17.0 Å². The molecule has 114 valence electrons. The molecule has 0 spiro atoms. The minimum absolute atomic E-state index is 0.125. The zero-order valence-corrected chi connectivity index (χ0v) is 12.0. The van der Waals surface area contributed by atoms with Crippen molar-refractivity contribution in [3.63, 3.8) is 0 Å². The fourth-order valence-corrected chi connectivity index (χ4v) is 2.50. The van der Waals surface area contributed by atoms with Crippen LogP contribution < -0.4 is 5.73 Å². The highest BCUT2D eigenvalue weighted by Crippen LogP contribution is 2.31. The van der Waals surface area contributed by atoms with E-state index in [4.69, 9.17) is 15.6 Å². The van der Waals surface area contributed by atoms with Crippen molar-refractivity contribution < 1.29 is 14.9 Å². The van der Waals surface area contributed by atoms with Gasteiger partial charge < -0.3 is 20.7 Å². The molecule has 0 amide bonds. The van der Waals surface area contributed by atoms with Crippen LogP contribution in [0.4, 0.5) is 5.82 Å². The maximum absolute atomic E-state index is 10.1. The molecular weight excluding hydrogens is 274 g/mol. The third-order valence-electron chi connectivity index (χ3n) is 3.63. The van der Waals surface area contributed by atoms with Crippen LogP contribution in [0.1, 0.15) is 38.2 Å². The molecule has 0 unspecified atom stereocenters. The fraction of sp³-hybridized carbons (Fsp3) is 0.615. The number of hydrogen-bond acceptors (Lipinski definition) is 7. The molecule has 1 fully saturated rings. The minimum Gasteiger partial charge on any atom is -0.394 e. The molecule has 3 atom stereocenters. The molecule has 1 aliphatic heterocycles. The average molecular weight is 293 g/mol. The largest absolute Gasteiger partial charge is 0.394 e. The van der Waals surface area contributed by atoms with E-state index >= 15 is 0 Å². The summed E-state index contributed by atoms with van der Waals surface area (Å²) in [6, 6.07) is 0. The number of aliphatic hydroxyl groups is 2. The quantitative estimate of drug-likeness (QED) is 0.738. The van der Waals surface area contributed by atoms with Gasteiger partial charge >= 0.3 is 0 Å². The number of aromatic nitrogens is 4. The normalized spacial score (nSPS) is 26.0. The van der Waals surface area contributed by atoms with E-state index in [0.717, 1.165) is 0 Å². The second-order valence-electron chi connectivity index (χ2n) is 5.58. The van der Waals surface area contributed by atoms with E-state index in [1.807, 2.05) is 13.8 Å². The standard InChI is InChI=1S/C13H19N5O3/c1-6(2)11-16-10(14)9-12(17-11)18(5-15-9)13-8(20)3-7(4-19)21-13/h5-8,13,19-20H,3-4H2,1-2H3,(H2,14,16,17)/t7-,8+,13+/m0/s1. The molecule has 2 aromatic rings. The Morgan fingerprint density at radius 3 is 2.86 bits per heavy atom. The molecular formula is C13H19N5O3. The van der Waals surface area contributed by atoms with E-state index < -0.39 is 12.3 Å². The lowest BCUT2D eigenvalue weighted by atomic mass is 10.2. The molecule has 21 heavy (non-hydrogen) atoms. The lowest BCUT2D eigenvalue weighted by molar-refractivity contribution is -0.0487. The summed E-state index contributed by atoms with van der Waals surface area (Å²) < 4.78 is 7.29. The Kier molecular flexibility index (Phi) is 3.52. The third kappa shape index (κ3) is 2.35. The maximum Gasteiger partial charge on any atom is 0.167 e. The van der Waals surface area contributed by atoms with Crippen LogP contribution in [0.5, 0.6) is 0 Å². The number of hydrogen-bond donors (Lipinski definition) is 3. The van der Waals surface area contributed by atoms with Gasteiger partial charge in [0.15, 0.2) is 17.7 Å². The Balaban J connectivity index is 2.07.